The number of nitrogens with one attached hydrogen (secondary N) is 2. The molecule has 0 fully saturated rings. The second kappa shape index (κ2) is 10.7. The number of hydrogen-bond donors (Lipinski definition) is 2. The fourth-order valence-electron chi connectivity index (χ4n) is 1.88. The lowest BCUT2D eigenvalue weighted by Gasteiger charge is -2.12. The van der Waals surface area contributed by atoms with Gasteiger partial charge in [0, 0.05) is 31.2 Å². The number of hydrogen-bond acceptors (Lipinski definition) is 5. The van der Waals surface area contributed by atoms with Crippen LogP contribution in [0.2, 0.25) is 0 Å². The molecule has 1 aromatic heterocycles. The summed E-state index contributed by atoms with van der Waals surface area (Å²) in [7, 11) is 3.03. The fraction of sp³-hybridized carbons (Fsp3) is 0.333. The van der Waals surface area contributed by atoms with E-state index in [4.69, 9.17) is 13.9 Å². The lowest BCUT2D eigenvalue weighted by atomic mass is 10.2. The Morgan fingerprint density at radius 2 is 1.96 bits per heavy atom. The summed E-state index contributed by atoms with van der Waals surface area (Å²) in [6, 6.07) is 3.56. The Labute approximate surface area is 147 Å². The Morgan fingerprint density at radius 1 is 1.24 bits per heavy atom. The van der Waals surface area contributed by atoms with Crippen LogP contribution >= 0.6 is 0 Å². The highest BCUT2D eigenvalue weighted by molar-refractivity contribution is 6.35. The molecule has 1 aromatic rings. The Kier molecular flexibility index (Phi) is 8.63. The van der Waals surface area contributed by atoms with Crippen molar-refractivity contribution in [2.45, 2.75) is 13.3 Å². The van der Waals surface area contributed by atoms with Gasteiger partial charge in [-0.1, -0.05) is 6.58 Å². The molecule has 2 amide bonds. The van der Waals surface area contributed by atoms with Crippen LogP contribution in [-0.4, -0.2) is 39.1 Å². The minimum absolute atomic E-state index is 0.0742. The third kappa shape index (κ3) is 6.99. The summed E-state index contributed by atoms with van der Waals surface area (Å²) < 4.78 is 15.5. The molecule has 0 aliphatic heterocycles. The molecule has 0 spiro atoms. The van der Waals surface area contributed by atoms with Crippen LogP contribution in [0.15, 0.2) is 58.6 Å². The number of carbonyl (C=O) groups is 2. The number of furan rings is 1. The van der Waals surface area contributed by atoms with Gasteiger partial charge >= 0.3 is 11.8 Å². The van der Waals surface area contributed by atoms with Crippen molar-refractivity contribution in [2.24, 2.45) is 0 Å². The zero-order chi connectivity index (χ0) is 18.7. The van der Waals surface area contributed by atoms with Crippen molar-refractivity contribution >= 4 is 11.8 Å². The molecular formula is C18H24N2O5. The molecule has 0 aliphatic rings. The van der Waals surface area contributed by atoms with Crippen LogP contribution in [0.5, 0.6) is 0 Å². The summed E-state index contributed by atoms with van der Waals surface area (Å²) >= 11 is 0. The van der Waals surface area contributed by atoms with Crippen molar-refractivity contribution in [3.8, 4) is 0 Å². The lowest BCUT2D eigenvalue weighted by Crippen LogP contribution is -2.41. The predicted molar refractivity (Wildman–Crippen MR) is 93.4 cm³/mol. The largest absolute Gasteiger partial charge is 0.497 e. The maximum absolute atomic E-state index is 11.8. The van der Waals surface area contributed by atoms with E-state index in [1.807, 2.05) is 6.92 Å². The van der Waals surface area contributed by atoms with E-state index in [0.29, 0.717) is 30.1 Å². The molecule has 136 valence electrons. The van der Waals surface area contributed by atoms with Gasteiger partial charge in [-0.3, -0.25) is 9.59 Å². The molecule has 2 N–H and O–H groups in total. The third-order valence-electron chi connectivity index (χ3n) is 3.27. The highest BCUT2D eigenvalue weighted by Gasteiger charge is 2.14. The molecule has 0 atom stereocenters. The molecule has 0 radical (unpaired) electrons. The van der Waals surface area contributed by atoms with Gasteiger partial charge < -0.3 is 24.5 Å². The SMILES string of the molecule is C=C(CNC(=O)C(=O)NCCc1ccco1)/C(=C\C(=C/C)OC)OC. The molecule has 0 bridgehead atoms. The van der Waals surface area contributed by atoms with Gasteiger partial charge in [0.15, 0.2) is 0 Å². The normalized spacial score (nSPS) is 11.6. The second-order valence-corrected chi connectivity index (χ2v) is 4.98. The molecule has 1 rings (SSSR count). The molecule has 0 saturated carbocycles. The Bertz CT molecular complexity index is 644. The van der Waals surface area contributed by atoms with E-state index in [0.717, 1.165) is 5.76 Å². The van der Waals surface area contributed by atoms with Gasteiger partial charge in [-0.2, -0.15) is 0 Å². The van der Waals surface area contributed by atoms with Gasteiger partial charge in [0.1, 0.15) is 17.3 Å². The van der Waals surface area contributed by atoms with Gasteiger partial charge in [-0.15, -0.1) is 0 Å². The van der Waals surface area contributed by atoms with E-state index in [1.165, 1.54) is 14.2 Å². The first-order chi connectivity index (χ1) is 12.0. The maximum atomic E-state index is 11.8. The summed E-state index contributed by atoms with van der Waals surface area (Å²) in [6.45, 7) is 6.04. The van der Waals surface area contributed by atoms with Crippen molar-refractivity contribution in [2.75, 3.05) is 27.3 Å². The quantitative estimate of drug-likeness (QED) is 0.403. The van der Waals surface area contributed by atoms with E-state index in [9.17, 15) is 9.59 Å². The highest BCUT2D eigenvalue weighted by Crippen LogP contribution is 2.11. The number of ether oxygens (including phenoxy) is 2. The van der Waals surface area contributed by atoms with Crippen molar-refractivity contribution < 1.29 is 23.5 Å². The van der Waals surface area contributed by atoms with Crippen LogP contribution < -0.4 is 10.6 Å². The van der Waals surface area contributed by atoms with Crippen LogP contribution in [0.25, 0.3) is 0 Å². The topological polar surface area (TPSA) is 89.8 Å². The van der Waals surface area contributed by atoms with Gasteiger partial charge in [-0.05, 0) is 25.1 Å². The van der Waals surface area contributed by atoms with Gasteiger partial charge in [0.25, 0.3) is 0 Å². The molecule has 7 nitrogen and oxygen atoms in total. The van der Waals surface area contributed by atoms with Crippen LogP contribution in [0.3, 0.4) is 0 Å². The summed E-state index contributed by atoms with van der Waals surface area (Å²) in [5, 5.41) is 5.02. The summed E-state index contributed by atoms with van der Waals surface area (Å²) in [6.07, 6.45) is 5.48. The predicted octanol–water partition coefficient (Wildman–Crippen LogP) is 1.69. The molecule has 25 heavy (non-hydrogen) atoms. The van der Waals surface area contributed by atoms with Crippen LogP contribution in [0.1, 0.15) is 12.7 Å². The molecular weight excluding hydrogens is 324 g/mol. The Hall–Kier alpha value is -2.96. The molecule has 0 unspecified atom stereocenters. The monoisotopic (exact) mass is 348 g/mol. The number of amides is 2. The van der Waals surface area contributed by atoms with Crippen molar-refractivity contribution in [3.05, 3.63) is 60.0 Å². The molecule has 1 heterocycles. The average molecular weight is 348 g/mol. The zero-order valence-electron chi connectivity index (χ0n) is 14.8. The van der Waals surface area contributed by atoms with Crippen LogP contribution in [-0.2, 0) is 25.5 Å². The molecule has 7 heteroatoms. The van der Waals surface area contributed by atoms with Crippen molar-refractivity contribution in [3.63, 3.8) is 0 Å². The molecule has 0 aliphatic carbocycles. The third-order valence-corrected chi connectivity index (χ3v) is 3.27. The zero-order valence-corrected chi connectivity index (χ0v) is 14.8. The Morgan fingerprint density at radius 3 is 2.52 bits per heavy atom. The number of carbonyl (C=O) groups excluding carboxylic acids is 2. The van der Waals surface area contributed by atoms with Crippen LogP contribution in [0.4, 0.5) is 0 Å². The summed E-state index contributed by atoms with van der Waals surface area (Å²) in [5.41, 5.74) is 0.510. The summed E-state index contributed by atoms with van der Waals surface area (Å²) in [5.74, 6) is 0.331. The van der Waals surface area contributed by atoms with E-state index in [-0.39, 0.29) is 6.54 Å². The van der Waals surface area contributed by atoms with Gasteiger partial charge in [-0.25, -0.2) is 0 Å². The van der Waals surface area contributed by atoms with Crippen molar-refractivity contribution in [1.82, 2.24) is 10.6 Å². The molecule has 0 aromatic carbocycles. The number of allylic oxidation sites excluding steroid dienone is 2. The standard InChI is InChI=1S/C18H24N2O5/c1-5-14(23-3)11-16(24-4)13(2)12-20-18(22)17(21)19-9-8-15-7-6-10-25-15/h5-7,10-11H,2,8-9,12H2,1,3-4H3,(H,19,21)(H,20,22)/b14-5+,16-11+. The number of methoxy groups -OCH3 is 2. The van der Waals surface area contributed by atoms with E-state index in [2.05, 4.69) is 17.2 Å². The van der Waals surface area contributed by atoms with E-state index >= 15 is 0 Å². The average Bonchev–Trinajstić information content (AvgIpc) is 3.13. The first kappa shape index (κ1) is 20.1. The number of rotatable bonds is 9. The maximum Gasteiger partial charge on any atom is 0.309 e. The smallest absolute Gasteiger partial charge is 0.309 e. The van der Waals surface area contributed by atoms with E-state index < -0.39 is 11.8 Å². The minimum Gasteiger partial charge on any atom is -0.497 e. The summed E-state index contributed by atoms with van der Waals surface area (Å²) in [4.78, 5) is 23.5. The fourth-order valence-corrected chi connectivity index (χ4v) is 1.88. The van der Waals surface area contributed by atoms with Crippen molar-refractivity contribution in [1.29, 1.82) is 0 Å². The first-order valence-electron chi connectivity index (χ1n) is 7.74. The van der Waals surface area contributed by atoms with Crippen LogP contribution in [0, 0.1) is 0 Å². The molecule has 0 saturated heterocycles. The van der Waals surface area contributed by atoms with E-state index in [1.54, 1.807) is 30.5 Å². The Balaban J connectivity index is 2.42. The highest BCUT2D eigenvalue weighted by atomic mass is 16.5. The second-order valence-electron chi connectivity index (χ2n) is 4.98. The van der Waals surface area contributed by atoms with Gasteiger partial charge in [0.05, 0.1) is 20.5 Å². The first-order valence-corrected chi connectivity index (χ1v) is 7.74. The minimum atomic E-state index is -0.742. The lowest BCUT2D eigenvalue weighted by molar-refractivity contribution is -0.139. The van der Waals surface area contributed by atoms with Gasteiger partial charge in [0.2, 0.25) is 0 Å².